The molecule has 3 heteroatoms. The summed E-state index contributed by atoms with van der Waals surface area (Å²) < 4.78 is 2.20. The number of nitrogens with one attached hydrogen (secondary N) is 1. The fraction of sp³-hybridized carbons (Fsp3) is 0.769. The normalized spacial score (nSPS) is 19.1. The fourth-order valence-corrected chi connectivity index (χ4v) is 2.67. The SMILES string of the molecule is CCn1ccnc1CNC(C)C1CCCC1. The molecule has 1 N–H and O–H groups in total. The van der Waals surface area contributed by atoms with E-state index < -0.39 is 0 Å². The summed E-state index contributed by atoms with van der Waals surface area (Å²) in [7, 11) is 0. The average molecular weight is 221 g/mol. The first-order valence-corrected chi connectivity index (χ1v) is 6.54. The van der Waals surface area contributed by atoms with Crippen LogP contribution < -0.4 is 5.32 Å². The van der Waals surface area contributed by atoms with Crippen LogP contribution in [0.2, 0.25) is 0 Å². The summed E-state index contributed by atoms with van der Waals surface area (Å²) in [4.78, 5) is 4.39. The second kappa shape index (κ2) is 5.48. The van der Waals surface area contributed by atoms with Crippen molar-refractivity contribution in [2.24, 2.45) is 5.92 Å². The topological polar surface area (TPSA) is 29.9 Å². The summed E-state index contributed by atoms with van der Waals surface area (Å²) in [5.41, 5.74) is 0. The molecule has 1 atom stereocenters. The Hall–Kier alpha value is -0.830. The molecule has 0 amide bonds. The Balaban J connectivity index is 1.82. The maximum atomic E-state index is 4.39. The number of aryl methyl sites for hydroxylation is 1. The number of hydrogen-bond donors (Lipinski definition) is 1. The molecule has 0 aromatic carbocycles. The molecule has 16 heavy (non-hydrogen) atoms. The fourth-order valence-electron chi connectivity index (χ4n) is 2.67. The van der Waals surface area contributed by atoms with Crippen molar-refractivity contribution in [1.29, 1.82) is 0 Å². The molecule has 1 aromatic rings. The number of imidazole rings is 1. The third-order valence-corrected chi connectivity index (χ3v) is 3.83. The van der Waals surface area contributed by atoms with E-state index in [1.165, 1.54) is 25.7 Å². The highest BCUT2D eigenvalue weighted by molar-refractivity contribution is 4.92. The van der Waals surface area contributed by atoms with E-state index in [9.17, 15) is 0 Å². The lowest BCUT2D eigenvalue weighted by Gasteiger charge is -2.20. The van der Waals surface area contributed by atoms with Crippen LogP contribution in [0.1, 0.15) is 45.4 Å². The van der Waals surface area contributed by atoms with Gasteiger partial charge in [0.1, 0.15) is 5.82 Å². The summed E-state index contributed by atoms with van der Waals surface area (Å²) in [5.74, 6) is 2.04. The molecular formula is C13H23N3. The Kier molecular flexibility index (Phi) is 3.99. The van der Waals surface area contributed by atoms with Crippen molar-refractivity contribution in [3.05, 3.63) is 18.2 Å². The Morgan fingerprint density at radius 1 is 1.50 bits per heavy atom. The van der Waals surface area contributed by atoms with E-state index in [0.717, 1.165) is 24.8 Å². The van der Waals surface area contributed by atoms with Gasteiger partial charge in [0.2, 0.25) is 0 Å². The van der Waals surface area contributed by atoms with Crippen molar-refractivity contribution in [2.45, 2.75) is 58.7 Å². The van der Waals surface area contributed by atoms with Gasteiger partial charge < -0.3 is 9.88 Å². The van der Waals surface area contributed by atoms with Crippen molar-refractivity contribution >= 4 is 0 Å². The van der Waals surface area contributed by atoms with E-state index in [1.807, 2.05) is 6.20 Å². The Bertz CT molecular complexity index is 313. The number of hydrogen-bond acceptors (Lipinski definition) is 2. The number of aromatic nitrogens is 2. The van der Waals surface area contributed by atoms with Gasteiger partial charge in [0.15, 0.2) is 0 Å². The Morgan fingerprint density at radius 2 is 2.25 bits per heavy atom. The van der Waals surface area contributed by atoms with Gasteiger partial charge >= 0.3 is 0 Å². The molecule has 0 bridgehead atoms. The molecule has 1 aliphatic carbocycles. The lowest BCUT2D eigenvalue weighted by molar-refractivity contribution is 0.374. The smallest absolute Gasteiger partial charge is 0.122 e. The molecule has 0 saturated heterocycles. The quantitative estimate of drug-likeness (QED) is 0.828. The van der Waals surface area contributed by atoms with Crippen LogP contribution in [0.3, 0.4) is 0 Å². The van der Waals surface area contributed by atoms with Crippen molar-refractivity contribution < 1.29 is 0 Å². The highest BCUT2D eigenvalue weighted by Crippen LogP contribution is 2.27. The predicted molar refractivity (Wildman–Crippen MR) is 66.2 cm³/mol. The Labute approximate surface area is 98.3 Å². The molecule has 1 saturated carbocycles. The molecule has 1 unspecified atom stereocenters. The van der Waals surface area contributed by atoms with E-state index >= 15 is 0 Å². The van der Waals surface area contributed by atoms with E-state index in [-0.39, 0.29) is 0 Å². The minimum atomic E-state index is 0.629. The first-order valence-electron chi connectivity index (χ1n) is 6.54. The van der Waals surface area contributed by atoms with E-state index in [0.29, 0.717) is 6.04 Å². The van der Waals surface area contributed by atoms with Crippen LogP contribution in [0.25, 0.3) is 0 Å². The second-order valence-corrected chi connectivity index (χ2v) is 4.84. The summed E-state index contributed by atoms with van der Waals surface area (Å²) in [6.45, 7) is 6.38. The van der Waals surface area contributed by atoms with Gasteiger partial charge in [0.05, 0.1) is 6.54 Å². The van der Waals surface area contributed by atoms with Gasteiger partial charge in [-0.15, -0.1) is 0 Å². The Morgan fingerprint density at radius 3 is 2.94 bits per heavy atom. The average Bonchev–Trinajstić information content (AvgIpc) is 2.96. The van der Waals surface area contributed by atoms with E-state index in [4.69, 9.17) is 0 Å². The van der Waals surface area contributed by atoms with Crippen LogP contribution in [0.4, 0.5) is 0 Å². The maximum Gasteiger partial charge on any atom is 0.122 e. The van der Waals surface area contributed by atoms with Crippen molar-refractivity contribution in [1.82, 2.24) is 14.9 Å². The summed E-state index contributed by atoms with van der Waals surface area (Å²) >= 11 is 0. The molecule has 0 aliphatic heterocycles. The number of nitrogens with zero attached hydrogens (tertiary/aromatic N) is 2. The molecule has 2 rings (SSSR count). The highest BCUT2D eigenvalue weighted by atomic mass is 15.1. The summed E-state index contributed by atoms with van der Waals surface area (Å²) in [6.07, 6.45) is 9.57. The molecule has 3 nitrogen and oxygen atoms in total. The van der Waals surface area contributed by atoms with Crippen LogP contribution in [-0.2, 0) is 13.1 Å². The zero-order valence-corrected chi connectivity index (χ0v) is 10.4. The number of rotatable bonds is 5. The molecular weight excluding hydrogens is 198 g/mol. The van der Waals surface area contributed by atoms with Crippen LogP contribution >= 0.6 is 0 Å². The first kappa shape index (κ1) is 11.6. The van der Waals surface area contributed by atoms with Gasteiger partial charge in [0.25, 0.3) is 0 Å². The van der Waals surface area contributed by atoms with Crippen molar-refractivity contribution in [3.63, 3.8) is 0 Å². The monoisotopic (exact) mass is 221 g/mol. The van der Waals surface area contributed by atoms with Crippen LogP contribution in [0.5, 0.6) is 0 Å². The third kappa shape index (κ3) is 2.64. The predicted octanol–water partition coefficient (Wildman–Crippen LogP) is 2.57. The van der Waals surface area contributed by atoms with E-state index in [1.54, 1.807) is 0 Å². The minimum absolute atomic E-state index is 0.629. The maximum absolute atomic E-state index is 4.39. The van der Waals surface area contributed by atoms with Gasteiger partial charge in [0, 0.05) is 25.0 Å². The van der Waals surface area contributed by atoms with Gasteiger partial charge in [-0.2, -0.15) is 0 Å². The van der Waals surface area contributed by atoms with Crippen LogP contribution in [0.15, 0.2) is 12.4 Å². The van der Waals surface area contributed by atoms with Crippen molar-refractivity contribution in [2.75, 3.05) is 0 Å². The molecule has 90 valence electrons. The highest BCUT2D eigenvalue weighted by Gasteiger charge is 2.21. The molecule has 0 spiro atoms. The van der Waals surface area contributed by atoms with E-state index in [2.05, 4.69) is 34.9 Å². The van der Waals surface area contributed by atoms with Crippen molar-refractivity contribution in [3.8, 4) is 0 Å². The van der Waals surface area contributed by atoms with Gasteiger partial charge in [-0.25, -0.2) is 4.98 Å². The molecule has 1 heterocycles. The summed E-state index contributed by atoms with van der Waals surface area (Å²) in [6, 6.07) is 0.629. The minimum Gasteiger partial charge on any atom is -0.334 e. The molecule has 1 aliphatic rings. The standard InChI is InChI=1S/C13H23N3/c1-3-16-9-8-14-13(16)10-15-11(2)12-6-4-5-7-12/h8-9,11-12,15H,3-7,10H2,1-2H3. The van der Waals surface area contributed by atoms with Gasteiger partial charge in [-0.3, -0.25) is 0 Å². The summed E-state index contributed by atoms with van der Waals surface area (Å²) in [5, 5.41) is 3.62. The lowest BCUT2D eigenvalue weighted by atomic mass is 10.00. The zero-order valence-electron chi connectivity index (χ0n) is 10.4. The third-order valence-electron chi connectivity index (χ3n) is 3.83. The largest absolute Gasteiger partial charge is 0.334 e. The molecule has 1 aromatic heterocycles. The zero-order chi connectivity index (χ0) is 11.4. The van der Waals surface area contributed by atoms with Gasteiger partial charge in [-0.05, 0) is 32.6 Å². The molecule has 0 radical (unpaired) electrons. The second-order valence-electron chi connectivity index (χ2n) is 4.84. The van der Waals surface area contributed by atoms with Gasteiger partial charge in [-0.1, -0.05) is 12.8 Å². The van der Waals surface area contributed by atoms with Crippen LogP contribution in [0, 0.1) is 5.92 Å². The molecule has 1 fully saturated rings. The first-order chi connectivity index (χ1) is 7.81. The lowest BCUT2D eigenvalue weighted by Crippen LogP contribution is -2.32. The van der Waals surface area contributed by atoms with Crippen LogP contribution in [-0.4, -0.2) is 15.6 Å².